The number of aromatic nitrogens is 1. The fourth-order valence-electron chi connectivity index (χ4n) is 6.78. The zero-order valence-corrected chi connectivity index (χ0v) is 22.1. The average Bonchev–Trinajstić information content (AvgIpc) is 3.57. The summed E-state index contributed by atoms with van der Waals surface area (Å²) in [6, 6.07) is 34.8. The molecule has 2 heterocycles. The lowest BCUT2D eigenvalue weighted by Gasteiger charge is -2.22. The summed E-state index contributed by atoms with van der Waals surface area (Å²) in [5.74, 6) is 5.53. The molecule has 0 atom stereocenters. The van der Waals surface area contributed by atoms with Crippen LogP contribution in [-0.2, 0) is 5.41 Å². The van der Waals surface area contributed by atoms with Crippen molar-refractivity contribution in [2.24, 2.45) is 10.9 Å². The molecule has 0 spiro atoms. The molecule has 0 aliphatic heterocycles. The molecule has 4 nitrogen and oxygen atoms in total. The van der Waals surface area contributed by atoms with Gasteiger partial charge >= 0.3 is 0 Å². The third kappa shape index (κ3) is 2.86. The zero-order chi connectivity index (χ0) is 26.5. The molecule has 7 aromatic rings. The number of hydrazone groups is 1. The molecule has 4 heteroatoms. The summed E-state index contributed by atoms with van der Waals surface area (Å²) in [6.07, 6.45) is 0. The van der Waals surface area contributed by atoms with Gasteiger partial charge in [0, 0.05) is 32.6 Å². The van der Waals surface area contributed by atoms with Crippen LogP contribution in [-0.4, -0.2) is 10.3 Å². The van der Waals surface area contributed by atoms with Gasteiger partial charge in [0.2, 0.25) is 0 Å². The Hall–Kier alpha value is -4.83. The fraction of sp³-hybridized carbons (Fsp3) is 0.114. The normalized spacial score (nSPS) is 14.5. The number of rotatable bonds is 2. The lowest BCUT2D eigenvalue weighted by Crippen LogP contribution is -2.15. The van der Waals surface area contributed by atoms with E-state index in [1.807, 2.05) is 13.0 Å². The number of hydrogen-bond donors (Lipinski definition) is 1. The number of nitrogens with zero attached hydrogens (tertiary/aromatic N) is 2. The Morgan fingerprint density at radius 3 is 2.28 bits per heavy atom. The molecule has 2 aromatic heterocycles. The maximum atomic E-state index is 6.30. The summed E-state index contributed by atoms with van der Waals surface area (Å²) < 4.78 is 8.68. The number of benzene rings is 5. The van der Waals surface area contributed by atoms with Gasteiger partial charge in [-0.2, -0.15) is 5.10 Å². The summed E-state index contributed by atoms with van der Waals surface area (Å²) in [6.45, 7) is 6.63. The van der Waals surface area contributed by atoms with Crippen molar-refractivity contribution < 1.29 is 4.42 Å². The maximum absolute atomic E-state index is 6.30. The van der Waals surface area contributed by atoms with Crippen LogP contribution in [0.1, 0.15) is 37.5 Å². The number of para-hydroxylation sites is 2. The molecule has 39 heavy (non-hydrogen) atoms. The second-order valence-corrected chi connectivity index (χ2v) is 11.1. The molecule has 0 saturated carbocycles. The molecule has 0 unspecified atom stereocenters. The summed E-state index contributed by atoms with van der Waals surface area (Å²) in [5.41, 5.74) is 12.4. The molecule has 2 N–H and O–H groups in total. The first kappa shape index (κ1) is 22.2. The van der Waals surface area contributed by atoms with E-state index >= 15 is 0 Å². The van der Waals surface area contributed by atoms with E-state index in [0.29, 0.717) is 0 Å². The number of nitrogens with two attached hydrogens (primary N) is 1. The van der Waals surface area contributed by atoms with Crippen molar-refractivity contribution in [2.75, 3.05) is 0 Å². The molecule has 0 fully saturated rings. The van der Waals surface area contributed by atoms with E-state index in [-0.39, 0.29) is 5.41 Å². The molecule has 188 valence electrons. The standard InChI is InChI=1S/C35H27N3O/c1-20(37-36)21-12-14-22(15-13-21)38-29-10-6-4-9-25(29)33-30(38)17-16-24-26-18-27-23-8-5-7-11-31(23)39-32(27)19-28(26)35(2,3)34(24)33/h4-19H,36H2,1-3H3/b37-20+. The van der Waals surface area contributed by atoms with Gasteiger partial charge in [-0.1, -0.05) is 68.4 Å². The van der Waals surface area contributed by atoms with Crippen LogP contribution in [0.2, 0.25) is 0 Å². The van der Waals surface area contributed by atoms with Crippen LogP contribution in [0.25, 0.3) is 60.6 Å². The number of hydrogen-bond acceptors (Lipinski definition) is 3. The summed E-state index contributed by atoms with van der Waals surface area (Å²) in [4.78, 5) is 0. The van der Waals surface area contributed by atoms with E-state index in [1.165, 1.54) is 49.4 Å². The predicted molar refractivity (Wildman–Crippen MR) is 162 cm³/mol. The summed E-state index contributed by atoms with van der Waals surface area (Å²) >= 11 is 0. The lowest BCUT2D eigenvalue weighted by atomic mass is 9.80. The highest BCUT2D eigenvalue weighted by atomic mass is 16.3. The fourth-order valence-corrected chi connectivity index (χ4v) is 6.78. The van der Waals surface area contributed by atoms with Gasteiger partial charge in [0.25, 0.3) is 0 Å². The quantitative estimate of drug-likeness (QED) is 0.145. The summed E-state index contributed by atoms with van der Waals surface area (Å²) in [7, 11) is 0. The van der Waals surface area contributed by atoms with Gasteiger partial charge in [0.15, 0.2) is 0 Å². The maximum Gasteiger partial charge on any atom is 0.135 e. The van der Waals surface area contributed by atoms with Crippen molar-refractivity contribution in [3.63, 3.8) is 0 Å². The molecule has 0 bridgehead atoms. The van der Waals surface area contributed by atoms with Crippen molar-refractivity contribution in [2.45, 2.75) is 26.2 Å². The Morgan fingerprint density at radius 1 is 0.744 bits per heavy atom. The van der Waals surface area contributed by atoms with Crippen molar-refractivity contribution in [1.82, 2.24) is 4.57 Å². The largest absolute Gasteiger partial charge is 0.456 e. The molecular weight excluding hydrogens is 478 g/mol. The molecular formula is C35H27N3O. The van der Waals surface area contributed by atoms with Gasteiger partial charge in [-0.25, -0.2) is 0 Å². The second kappa shape index (κ2) is 7.61. The molecule has 1 aliphatic rings. The first-order valence-corrected chi connectivity index (χ1v) is 13.4. The molecule has 0 saturated heterocycles. The van der Waals surface area contributed by atoms with Crippen LogP contribution in [0.3, 0.4) is 0 Å². The zero-order valence-electron chi connectivity index (χ0n) is 22.1. The lowest BCUT2D eigenvalue weighted by molar-refractivity contribution is 0.650. The molecule has 5 aromatic carbocycles. The van der Waals surface area contributed by atoms with Crippen LogP contribution in [0, 0.1) is 0 Å². The average molecular weight is 506 g/mol. The van der Waals surface area contributed by atoms with Crippen LogP contribution in [0.5, 0.6) is 0 Å². The SMILES string of the molecule is C/C(=N\N)c1ccc(-n2c3ccccc3c3c4c(ccc32)-c2cc3c(cc2C4(C)C)oc2ccccc23)cc1. The van der Waals surface area contributed by atoms with Gasteiger partial charge in [-0.05, 0) is 77.2 Å². The van der Waals surface area contributed by atoms with Crippen molar-refractivity contribution >= 4 is 49.5 Å². The minimum absolute atomic E-state index is 0.190. The van der Waals surface area contributed by atoms with Crippen molar-refractivity contribution in [3.05, 3.63) is 114 Å². The van der Waals surface area contributed by atoms with Crippen LogP contribution >= 0.6 is 0 Å². The van der Waals surface area contributed by atoms with Gasteiger partial charge in [0.1, 0.15) is 11.2 Å². The van der Waals surface area contributed by atoms with Crippen molar-refractivity contribution in [3.8, 4) is 16.8 Å². The molecule has 0 radical (unpaired) electrons. The molecule has 1 aliphatic carbocycles. The van der Waals surface area contributed by atoms with E-state index in [9.17, 15) is 0 Å². The number of furan rings is 1. The van der Waals surface area contributed by atoms with Gasteiger partial charge in [-0.3, -0.25) is 0 Å². The van der Waals surface area contributed by atoms with Gasteiger partial charge in [0.05, 0.1) is 16.7 Å². The Balaban J connectivity index is 1.44. The highest BCUT2D eigenvalue weighted by Gasteiger charge is 2.39. The van der Waals surface area contributed by atoms with E-state index in [4.69, 9.17) is 10.3 Å². The van der Waals surface area contributed by atoms with Gasteiger partial charge < -0.3 is 14.8 Å². The smallest absolute Gasteiger partial charge is 0.135 e. The Bertz CT molecular complexity index is 2160. The van der Waals surface area contributed by atoms with Crippen LogP contribution in [0.4, 0.5) is 0 Å². The monoisotopic (exact) mass is 505 g/mol. The minimum atomic E-state index is -0.190. The minimum Gasteiger partial charge on any atom is -0.456 e. The van der Waals surface area contributed by atoms with E-state index in [2.05, 4.69) is 115 Å². The second-order valence-electron chi connectivity index (χ2n) is 11.1. The Morgan fingerprint density at radius 2 is 1.49 bits per heavy atom. The van der Waals surface area contributed by atoms with Gasteiger partial charge in [-0.15, -0.1) is 0 Å². The third-order valence-electron chi connectivity index (χ3n) is 8.68. The Kier molecular flexibility index (Phi) is 4.33. The predicted octanol–water partition coefficient (Wildman–Crippen LogP) is 8.67. The number of fused-ring (bicyclic) bond motifs is 10. The van der Waals surface area contributed by atoms with E-state index in [1.54, 1.807) is 0 Å². The molecule has 8 rings (SSSR count). The van der Waals surface area contributed by atoms with E-state index < -0.39 is 0 Å². The highest BCUT2D eigenvalue weighted by Crippen LogP contribution is 2.54. The summed E-state index contributed by atoms with van der Waals surface area (Å²) in [5, 5.41) is 8.78. The van der Waals surface area contributed by atoms with Crippen LogP contribution < -0.4 is 5.84 Å². The first-order valence-electron chi connectivity index (χ1n) is 13.4. The molecule has 0 amide bonds. The van der Waals surface area contributed by atoms with Crippen molar-refractivity contribution in [1.29, 1.82) is 0 Å². The van der Waals surface area contributed by atoms with E-state index in [0.717, 1.165) is 33.5 Å². The topological polar surface area (TPSA) is 56.4 Å². The highest BCUT2D eigenvalue weighted by molar-refractivity contribution is 6.15. The first-order chi connectivity index (χ1) is 19.0. The Labute approximate surface area is 226 Å². The van der Waals surface area contributed by atoms with Crippen LogP contribution in [0.15, 0.2) is 107 Å². The third-order valence-corrected chi connectivity index (χ3v) is 8.68.